The Balaban J connectivity index is 1.58. The van der Waals surface area contributed by atoms with Gasteiger partial charge in [-0.3, -0.25) is 9.58 Å². The second-order valence-electron chi connectivity index (χ2n) is 5.92. The number of para-hydroxylation sites is 1. The zero-order chi connectivity index (χ0) is 15.6. The van der Waals surface area contributed by atoms with Gasteiger partial charge in [0, 0.05) is 24.8 Å². The maximum absolute atomic E-state index is 4.30. The van der Waals surface area contributed by atoms with Crippen LogP contribution in [0.1, 0.15) is 30.3 Å². The molecule has 4 rings (SSSR count). The van der Waals surface area contributed by atoms with E-state index in [9.17, 15) is 0 Å². The van der Waals surface area contributed by atoms with E-state index in [1.54, 1.807) is 0 Å². The van der Waals surface area contributed by atoms with E-state index in [-0.39, 0.29) is 0 Å². The topological polar surface area (TPSA) is 64.7 Å². The highest BCUT2D eigenvalue weighted by atomic mass is 15.5. The number of nitrogens with zero attached hydrogens (tertiary/aromatic N) is 7. The molecule has 23 heavy (non-hydrogen) atoms. The van der Waals surface area contributed by atoms with E-state index in [4.69, 9.17) is 0 Å². The van der Waals surface area contributed by atoms with Crippen molar-refractivity contribution in [3.63, 3.8) is 0 Å². The third kappa shape index (κ3) is 2.75. The van der Waals surface area contributed by atoms with Crippen molar-refractivity contribution in [2.45, 2.75) is 25.4 Å². The monoisotopic (exact) mass is 309 g/mol. The van der Waals surface area contributed by atoms with Crippen molar-refractivity contribution in [2.75, 3.05) is 6.54 Å². The lowest BCUT2D eigenvalue weighted by molar-refractivity contribution is 0.240. The molecule has 3 heterocycles. The SMILES string of the molecule is Cn1cc(C2CCCN2Cc2nnnn2-c2ccccc2)cn1. The van der Waals surface area contributed by atoms with Gasteiger partial charge >= 0.3 is 0 Å². The zero-order valence-electron chi connectivity index (χ0n) is 13.1. The summed E-state index contributed by atoms with van der Waals surface area (Å²) in [5.41, 5.74) is 2.26. The van der Waals surface area contributed by atoms with E-state index in [2.05, 4.69) is 31.7 Å². The van der Waals surface area contributed by atoms with E-state index in [0.29, 0.717) is 6.04 Å². The Kier molecular flexibility index (Phi) is 3.63. The first-order chi connectivity index (χ1) is 11.3. The van der Waals surface area contributed by atoms with E-state index in [1.807, 2.05) is 52.9 Å². The van der Waals surface area contributed by atoms with Crippen LogP contribution in [-0.2, 0) is 13.6 Å². The molecule has 1 unspecified atom stereocenters. The van der Waals surface area contributed by atoms with Gasteiger partial charge in [0.1, 0.15) is 0 Å². The lowest BCUT2D eigenvalue weighted by atomic mass is 10.1. The van der Waals surface area contributed by atoms with Gasteiger partial charge in [0.25, 0.3) is 0 Å². The summed E-state index contributed by atoms with van der Waals surface area (Å²) < 4.78 is 3.68. The standard InChI is InChI=1S/C16H19N7/c1-21-11-13(10-17-21)15-8-5-9-22(15)12-16-18-19-20-23(16)14-6-3-2-4-7-14/h2-4,6-7,10-11,15H,5,8-9,12H2,1H3. The first-order valence-corrected chi connectivity index (χ1v) is 7.86. The van der Waals surface area contributed by atoms with E-state index in [1.165, 1.54) is 12.0 Å². The van der Waals surface area contributed by atoms with Gasteiger partial charge in [0.05, 0.1) is 18.4 Å². The number of benzene rings is 1. The van der Waals surface area contributed by atoms with Gasteiger partial charge in [-0.15, -0.1) is 5.10 Å². The molecule has 1 aliphatic heterocycles. The minimum atomic E-state index is 0.393. The number of aromatic nitrogens is 6. The molecule has 0 amide bonds. The number of aryl methyl sites for hydroxylation is 1. The van der Waals surface area contributed by atoms with Crippen LogP contribution in [0.15, 0.2) is 42.7 Å². The fourth-order valence-corrected chi connectivity index (χ4v) is 3.26. The number of hydrogen-bond donors (Lipinski definition) is 0. The Bertz CT molecular complexity index is 777. The van der Waals surface area contributed by atoms with E-state index in [0.717, 1.165) is 31.0 Å². The molecule has 0 aliphatic carbocycles. The van der Waals surface area contributed by atoms with Gasteiger partial charge < -0.3 is 0 Å². The molecule has 118 valence electrons. The molecule has 0 spiro atoms. The van der Waals surface area contributed by atoms with Crippen molar-refractivity contribution >= 4 is 0 Å². The molecule has 1 fully saturated rings. The summed E-state index contributed by atoms with van der Waals surface area (Å²) in [4.78, 5) is 2.43. The second kappa shape index (κ2) is 5.92. The van der Waals surface area contributed by atoms with Gasteiger partial charge in [-0.05, 0) is 41.9 Å². The maximum atomic E-state index is 4.30. The highest BCUT2D eigenvalue weighted by Gasteiger charge is 2.28. The second-order valence-corrected chi connectivity index (χ2v) is 5.92. The van der Waals surface area contributed by atoms with Crippen molar-refractivity contribution in [2.24, 2.45) is 7.05 Å². The molecule has 2 aromatic heterocycles. The molecular formula is C16H19N7. The third-order valence-electron chi connectivity index (χ3n) is 4.35. The Morgan fingerprint density at radius 3 is 2.87 bits per heavy atom. The van der Waals surface area contributed by atoms with Gasteiger partial charge in [0.15, 0.2) is 5.82 Å². The maximum Gasteiger partial charge on any atom is 0.170 e. The first kappa shape index (κ1) is 14.1. The molecule has 7 nitrogen and oxygen atoms in total. The van der Waals surface area contributed by atoms with Crippen molar-refractivity contribution in [3.05, 3.63) is 54.1 Å². The van der Waals surface area contributed by atoms with Gasteiger partial charge in [-0.1, -0.05) is 18.2 Å². The van der Waals surface area contributed by atoms with Crippen LogP contribution in [0.3, 0.4) is 0 Å². The molecule has 3 aromatic rings. The van der Waals surface area contributed by atoms with Crippen LogP contribution in [0.4, 0.5) is 0 Å². The van der Waals surface area contributed by atoms with Crippen molar-refractivity contribution in [3.8, 4) is 5.69 Å². The zero-order valence-corrected chi connectivity index (χ0v) is 13.1. The summed E-state index contributed by atoms with van der Waals surface area (Å²) in [5.74, 6) is 0.868. The number of likely N-dealkylation sites (tertiary alicyclic amines) is 1. The summed E-state index contributed by atoms with van der Waals surface area (Å²) in [6.45, 7) is 1.79. The lowest BCUT2D eigenvalue weighted by Crippen LogP contribution is -2.24. The molecule has 1 aliphatic rings. The molecular weight excluding hydrogens is 290 g/mol. The largest absolute Gasteiger partial charge is 0.289 e. The highest BCUT2D eigenvalue weighted by Crippen LogP contribution is 2.32. The Morgan fingerprint density at radius 1 is 1.22 bits per heavy atom. The quantitative estimate of drug-likeness (QED) is 0.734. The lowest BCUT2D eigenvalue weighted by Gasteiger charge is -2.22. The molecule has 0 radical (unpaired) electrons. The molecule has 0 saturated carbocycles. The van der Waals surface area contributed by atoms with Crippen molar-refractivity contribution in [1.82, 2.24) is 34.9 Å². The van der Waals surface area contributed by atoms with Gasteiger partial charge in [0.2, 0.25) is 0 Å². The predicted molar refractivity (Wildman–Crippen MR) is 84.7 cm³/mol. The van der Waals surface area contributed by atoms with Crippen LogP contribution >= 0.6 is 0 Å². The van der Waals surface area contributed by atoms with E-state index >= 15 is 0 Å². The molecule has 1 aromatic carbocycles. The first-order valence-electron chi connectivity index (χ1n) is 7.86. The van der Waals surface area contributed by atoms with Gasteiger partial charge in [-0.25, -0.2) is 0 Å². The molecule has 1 atom stereocenters. The average molecular weight is 309 g/mol. The number of tetrazole rings is 1. The summed E-state index contributed by atoms with van der Waals surface area (Å²) in [6.07, 6.45) is 6.40. The summed E-state index contributed by atoms with van der Waals surface area (Å²) in [7, 11) is 1.96. The fourth-order valence-electron chi connectivity index (χ4n) is 3.26. The van der Waals surface area contributed by atoms with Crippen LogP contribution in [-0.4, -0.2) is 41.4 Å². The van der Waals surface area contributed by atoms with Crippen LogP contribution in [0, 0.1) is 0 Å². The fraction of sp³-hybridized carbons (Fsp3) is 0.375. The molecule has 0 bridgehead atoms. The summed E-state index contributed by atoms with van der Waals surface area (Å²) in [6, 6.07) is 10.4. The molecule has 1 saturated heterocycles. The normalized spacial score (nSPS) is 18.6. The highest BCUT2D eigenvalue weighted by molar-refractivity contribution is 5.30. The third-order valence-corrected chi connectivity index (χ3v) is 4.35. The Hall–Kier alpha value is -2.54. The van der Waals surface area contributed by atoms with Crippen molar-refractivity contribution < 1.29 is 0 Å². The van der Waals surface area contributed by atoms with Crippen LogP contribution in [0.5, 0.6) is 0 Å². The summed E-state index contributed by atoms with van der Waals surface area (Å²) in [5, 5.41) is 16.5. The van der Waals surface area contributed by atoms with Crippen molar-refractivity contribution in [1.29, 1.82) is 0 Å². The van der Waals surface area contributed by atoms with Gasteiger partial charge in [-0.2, -0.15) is 9.78 Å². The minimum Gasteiger partial charge on any atom is -0.289 e. The Labute approximate surface area is 134 Å². The average Bonchev–Trinajstić information content (AvgIpc) is 3.29. The van der Waals surface area contributed by atoms with Crippen LogP contribution in [0.25, 0.3) is 5.69 Å². The predicted octanol–water partition coefficient (Wildman–Crippen LogP) is 1.73. The smallest absolute Gasteiger partial charge is 0.170 e. The molecule has 0 N–H and O–H groups in total. The minimum absolute atomic E-state index is 0.393. The molecule has 7 heteroatoms. The number of hydrogen-bond acceptors (Lipinski definition) is 5. The van der Waals surface area contributed by atoms with E-state index < -0.39 is 0 Å². The van der Waals surface area contributed by atoms with Crippen LogP contribution < -0.4 is 0 Å². The summed E-state index contributed by atoms with van der Waals surface area (Å²) >= 11 is 0. The number of rotatable bonds is 4. The Morgan fingerprint density at radius 2 is 2.09 bits per heavy atom. The van der Waals surface area contributed by atoms with Crippen LogP contribution in [0.2, 0.25) is 0 Å².